The maximum atomic E-state index is 13.1. The number of benzene rings is 1. The van der Waals surface area contributed by atoms with Crippen molar-refractivity contribution < 1.29 is 31.4 Å². The molecule has 0 bridgehead atoms. The fraction of sp³-hybridized carbons (Fsp3) is 0.500. The monoisotopic (exact) mass is 446 g/mol. The van der Waals surface area contributed by atoms with Gasteiger partial charge in [-0.2, -0.15) is 13.2 Å². The molecule has 3 heterocycles. The molecule has 1 aromatic carbocycles. The Morgan fingerprint density at radius 3 is 2.50 bits per heavy atom. The summed E-state index contributed by atoms with van der Waals surface area (Å²) in [4.78, 5) is -0.178. The highest BCUT2D eigenvalue weighted by atomic mass is 32.2. The summed E-state index contributed by atoms with van der Waals surface area (Å²) < 4.78 is 73.7. The molecule has 0 amide bonds. The third kappa shape index (κ3) is 3.71. The van der Waals surface area contributed by atoms with E-state index < -0.39 is 21.9 Å². The first-order valence-corrected chi connectivity index (χ1v) is 10.3. The van der Waals surface area contributed by atoms with Crippen molar-refractivity contribution in [3.05, 3.63) is 41.7 Å². The van der Waals surface area contributed by atoms with E-state index in [4.69, 9.17) is 9.84 Å². The van der Waals surface area contributed by atoms with E-state index in [1.165, 1.54) is 4.68 Å². The van der Waals surface area contributed by atoms with Crippen LogP contribution in [-0.2, 0) is 27.0 Å². The van der Waals surface area contributed by atoms with Gasteiger partial charge >= 0.3 is 11.8 Å². The van der Waals surface area contributed by atoms with E-state index in [0.29, 0.717) is 12.3 Å². The Kier molecular flexibility index (Phi) is 5.12. The van der Waals surface area contributed by atoms with Crippen molar-refractivity contribution >= 4 is 10.0 Å². The van der Waals surface area contributed by atoms with Gasteiger partial charge in [0.2, 0.25) is 10.0 Å². The summed E-state index contributed by atoms with van der Waals surface area (Å²) in [5, 5.41) is 23.0. The number of aliphatic hydroxyl groups excluding tert-OH is 1. The molecule has 0 radical (unpaired) electrons. The molecule has 1 saturated heterocycles. The summed E-state index contributed by atoms with van der Waals surface area (Å²) in [5.74, 6) is -0.246. The van der Waals surface area contributed by atoms with Gasteiger partial charge in [0, 0.05) is 18.0 Å². The Labute approximate surface area is 168 Å². The molecule has 10 nitrogen and oxygen atoms in total. The Balaban J connectivity index is 1.43. The topological polar surface area (TPSA) is 131 Å². The zero-order valence-corrected chi connectivity index (χ0v) is 16.1. The first kappa shape index (κ1) is 20.8. The zero-order chi connectivity index (χ0) is 21.6. The van der Waals surface area contributed by atoms with Gasteiger partial charge in [-0.15, -0.1) is 15.3 Å². The van der Waals surface area contributed by atoms with E-state index in [-0.39, 0.29) is 42.2 Å². The summed E-state index contributed by atoms with van der Waals surface area (Å²) in [5.41, 5.74) is -2.46. The maximum Gasteiger partial charge on any atom is 0.442 e. The van der Waals surface area contributed by atoms with Crippen LogP contribution in [0.15, 0.2) is 45.6 Å². The van der Waals surface area contributed by atoms with Gasteiger partial charge in [-0.1, -0.05) is 17.3 Å². The summed E-state index contributed by atoms with van der Waals surface area (Å²) in [6.45, 7) is 0.358. The van der Waals surface area contributed by atoms with Gasteiger partial charge in [-0.05, 0) is 12.1 Å². The summed E-state index contributed by atoms with van der Waals surface area (Å²) in [7, 11) is -3.96. The van der Waals surface area contributed by atoms with Crippen LogP contribution in [0.2, 0.25) is 0 Å². The fourth-order valence-electron chi connectivity index (χ4n) is 3.23. The van der Waals surface area contributed by atoms with Crippen molar-refractivity contribution in [1.82, 2.24) is 19.7 Å². The lowest BCUT2D eigenvalue weighted by Gasteiger charge is -2.18. The number of aromatic nitrogens is 3. The summed E-state index contributed by atoms with van der Waals surface area (Å²) in [6, 6.07) is 4.00. The largest absolute Gasteiger partial charge is 0.442 e. The van der Waals surface area contributed by atoms with E-state index in [1.54, 1.807) is 6.20 Å². The fourth-order valence-corrected chi connectivity index (χ4v) is 4.33. The van der Waals surface area contributed by atoms with Gasteiger partial charge in [-0.3, -0.25) is 0 Å². The maximum absolute atomic E-state index is 13.1. The van der Waals surface area contributed by atoms with Gasteiger partial charge in [0.05, 0.1) is 37.0 Å². The summed E-state index contributed by atoms with van der Waals surface area (Å²) in [6.07, 6.45) is -3.12. The van der Waals surface area contributed by atoms with Gasteiger partial charge in [0.1, 0.15) is 5.69 Å². The van der Waals surface area contributed by atoms with Gasteiger partial charge in [-0.25, -0.2) is 17.8 Å². The lowest BCUT2D eigenvalue weighted by molar-refractivity contribution is -0.166. The van der Waals surface area contributed by atoms with Crippen LogP contribution in [0.3, 0.4) is 0 Å². The molecule has 0 unspecified atom stereocenters. The molecular formula is C16H17F3N6O4S. The first-order valence-electron chi connectivity index (χ1n) is 8.86. The van der Waals surface area contributed by atoms with E-state index in [1.807, 2.05) is 0 Å². The van der Waals surface area contributed by atoms with Crippen molar-refractivity contribution in [2.24, 2.45) is 16.1 Å². The molecule has 2 atom stereocenters. The number of alkyl halides is 3. The van der Waals surface area contributed by atoms with Crippen LogP contribution >= 0.6 is 0 Å². The number of halogens is 3. The van der Waals surface area contributed by atoms with E-state index in [9.17, 15) is 21.6 Å². The predicted octanol–water partition coefficient (Wildman–Crippen LogP) is 1.12. The smallest absolute Gasteiger partial charge is 0.390 e. The highest BCUT2D eigenvalue weighted by molar-refractivity contribution is 7.89. The molecule has 14 heteroatoms. The number of ether oxygens (including phenoxy) is 1. The minimum Gasteiger partial charge on any atom is -0.390 e. The Morgan fingerprint density at radius 1 is 1.23 bits per heavy atom. The number of sulfonamides is 1. The molecule has 2 N–H and O–H groups in total. The molecule has 2 aliphatic rings. The minimum atomic E-state index is -4.68. The van der Waals surface area contributed by atoms with Crippen LogP contribution in [0, 0.1) is 5.92 Å². The van der Waals surface area contributed by atoms with Crippen molar-refractivity contribution in [2.75, 3.05) is 19.8 Å². The average molecular weight is 446 g/mol. The van der Waals surface area contributed by atoms with Crippen LogP contribution in [-0.4, -0.2) is 54.5 Å². The van der Waals surface area contributed by atoms with Crippen molar-refractivity contribution in [2.45, 2.75) is 29.4 Å². The highest BCUT2D eigenvalue weighted by Crippen LogP contribution is 2.52. The number of hydrogen-bond acceptors (Lipinski definition) is 8. The van der Waals surface area contributed by atoms with Gasteiger partial charge < -0.3 is 9.84 Å². The molecule has 162 valence electrons. The Bertz CT molecular complexity index is 1050. The molecule has 0 saturated carbocycles. The predicted molar refractivity (Wildman–Crippen MR) is 93.5 cm³/mol. The molecule has 0 aliphatic carbocycles. The lowest BCUT2D eigenvalue weighted by atomic mass is 10.0. The second kappa shape index (κ2) is 7.37. The third-order valence-corrected chi connectivity index (χ3v) is 6.46. The summed E-state index contributed by atoms with van der Waals surface area (Å²) >= 11 is 0. The Hall–Kier alpha value is -2.42. The van der Waals surface area contributed by atoms with Gasteiger partial charge in [0.15, 0.2) is 0 Å². The number of aliphatic hydroxyl groups is 1. The number of nitrogens with one attached hydrogen (secondary N) is 1. The second-order valence-corrected chi connectivity index (χ2v) is 8.73. The standard InChI is InChI=1S/C16H17F3N6O4S/c17-16(18,19)15(22-23-15)11-1-3-13(4-2-11)30(27,28)20-5-10-8-29-9-14(10)25-6-12(7-26)21-24-25/h1-4,6,10,14,20,26H,5,7-9H2/t10-,14-/m1/s1. The minimum absolute atomic E-state index is 0.0280. The molecule has 0 spiro atoms. The van der Waals surface area contributed by atoms with Crippen LogP contribution in [0.25, 0.3) is 0 Å². The molecule has 1 aromatic heterocycles. The molecular weight excluding hydrogens is 429 g/mol. The molecule has 4 rings (SSSR count). The number of rotatable bonds is 7. The van der Waals surface area contributed by atoms with E-state index in [0.717, 1.165) is 24.3 Å². The van der Waals surface area contributed by atoms with Crippen LogP contribution in [0.4, 0.5) is 13.2 Å². The molecule has 2 aliphatic heterocycles. The SMILES string of the molecule is O=S(=O)(NC[C@@H]1COC[C@H]1n1cc(CO)nn1)c1ccc(C2(C(F)(F)F)N=N2)cc1. The first-order chi connectivity index (χ1) is 14.2. The van der Waals surface area contributed by atoms with E-state index in [2.05, 4.69) is 25.3 Å². The molecule has 2 aromatic rings. The van der Waals surface area contributed by atoms with Crippen LogP contribution in [0.1, 0.15) is 17.3 Å². The average Bonchev–Trinajstić information content (AvgIpc) is 3.19. The second-order valence-electron chi connectivity index (χ2n) is 6.96. The van der Waals surface area contributed by atoms with Crippen LogP contribution in [0.5, 0.6) is 0 Å². The molecule has 30 heavy (non-hydrogen) atoms. The zero-order valence-electron chi connectivity index (χ0n) is 15.3. The lowest BCUT2D eigenvalue weighted by Crippen LogP contribution is -2.33. The van der Waals surface area contributed by atoms with Crippen molar-refractivity contribution in [3.8, 4) is 0 Å². The quantitative estimate of drug-likeness (QED) is 0.655. The molecule has 1 fully saturated rings. The normalized spacial score (nSPS) is 23.1. The number of nitrogens with zero attached hydrogens (tertiary/aromatic N) is 5. The van der Waals surface area contributed by atoms with E-state index >= 15 is 0 Å². The number of hydrogen-bond donors (Lipinski definition) is 2. The van der Waals surface area contributed by atoms with Crippen LogP contribution < -0.4 is 4.72 Å². The highest BCUT2D eigenvalue weighted by Gasteiger charge is 2.65. The van der Waals surface area contributed by atoms with Crippen molar-refractivity contribution in [1.29, 1.82) is 0 Å². The third-order valence-electron chi connectivity index (χ3n) is 5.02. The van der Waals surface area contributed by atoms with Crippen molar-refractivity contribution in [3.63, 3.8) is 0 Å². The van der Waals surface area contributed by atoms with Gasteiger partial charge in [0.25, 0.3) is 0 Å². The Morgan fingerprint density at radius 2 is 1.93 bits per heavy atom.